The van der Waals surface area contributed by atoms with Gasteiger partial charge in [-0.25, -0.2) is 25.9 Å². The molecule has 0 atom stereocenters. The van der Waals surface area contributed by atoms with Crippen LogP contribution in [0.25, 0.3) is 25.3 Å². The summed E-state index contributed by atoms with van der Waals surface area (Å²) in [5, 5.41) is 6.85. The molecule has 4 N–H and O–H groups in total. The number of methoxy groups -OCH3 is 3. The molecule has 91 heavy (non-hydrogen) atoms. The number of nitrogens with one attached hydrogen (secondary N) is 2. The summed E-state index contributed by atoms with van der Waals surface area (Å²) in [6, 6.07) is 0. The van der Waals surface area contributed by atoms with Crippen LogP contribution < -0.4 is 22.2 Å². The third kappa shape index (κ3) is 21.7. The molecule has 492 valence electrons. The van der Waals surface area contributed by atoms with E-state index in [2.05, 4.69) is 38.0 Å². The number of hydrogen-bond donors (Lipinski definition) is 3. The maximum atomic E-state index is 12.9. The SMILES string of the molecule is C=CCn1c(=S)[nH]c2sc3c(c2c1=O)CCCC3.C=CCn1c(SCC(C)=O)nc2sc3c(c2c1=O)CCCC3.CC(=O)CCl.COC(=O)c1c(N)sc2c1CCCC2.COC(=O)c1c(NC(=S)SC)sc2c1CCCC2.O=C1CCCCC1.[C-]#[N+]CC(=O)OC. The fourth-order valence-electron chi connectivity index (χ4n) is 10.5. The lowest BCUT2D eigenvalue weighted by Crippen LogP contribution is -2.23. The number of allylic oxidation sites excluding steroid dienone is 2. The van der Waals surface area contributed by atoms with Gasteiger partial charge in [0.25, 0.3) is 11.1 Å². The van der Waals surface area contributed by atoms with Crippen LogP contribution in [-0.4, -0.2) is 104 Å². The van der Waals surface area contributed by atoms with Crippen LogP contribution >= 0.6 is 105 Å². The number of Topliss-reactive ketones (excluding diaryl/α,β-unsaturated/α-hetero) is 3. The second-order valence-corrected chi connectivity index (χ2v) is 28.8. The van der Waals surface area contributed by atoms with Crippen molar-refractivity contribution < 1.29 is 43.0 Å². The van der Waals surface area contributed by atoms with E-state index < -0.39 is 5.97 Å². The van der Waals surface area contributed by atoms with Gasteiger partial charge >= 0.3 is 24.5 Å². The van der Waals surface area contributed by atoms with Crippen LogP contribution in [0.2, 0.25) is 0 Å². The molecule has 6 heterocycles. The number of alkyl halides is 1. The molecule has 0 unspecified atom stereocenters. The molecule has 1 fully saturated rings. The van der Waals surface area contributed by atoms with E-state index in [-0.39, 0.29) is 47.0 Å². The van der Waals surface area contributed by atoms with Gasteiger partial charge in [-0.15, -0.1) is 81.9 Å². The Kier molecular flexibility index (Phi) is 32.7. The molecule has 6 aromatic rings. The minimum Gasteiger partial charge on any atom is -0.465 e. The second kappa shape index (κ2) is 39.2. The average Bonchev–Trinajstić information content (AvgIpc) is 1.78. The van der Waals surface area contributed by atoms with Crippen molar-refractivity contribution in [3.8, 4) is 0 Å². The molecule has 0 aromatic carbocycles. The van der Waals surface area contributed by atoms with Crippen LogP contribution in [0.5, 0.6) is 0 Å². The van der Waals surface area contributed by atoms with E-state index in [0.717, 1.165) is 133 Å². The Morgan fingerprint density at radius 2 is 1.16 bits per heavy atom. The van der Waals surface area contributed by atoms with Gasteiger partial charge < -0.3 is 35.1 Å². The minimum absolute atomic E-state index is 0.00959. The normalized spacial score (nSPS) is 14.0. The number of esters is 3. The number of thiocarbonyl (C=S) groups is 1. The largest absolute Gasteiger partial charge is 0.465 e. The van der Waals surface area contributed by atoms with Gasteiger partial charge in [0, 0.05) is 45.4 Å². The summed E-state index contributed by atoms with van der Waals surface area (Å²) in [6.45, 7) is 17.3. The molecule has 1 saturated carbocycles. The molecule has 6 aromatic heterocycles. The number of anilines is 2. The number of halogens is 1. The summed E-state index contributed by atoms with van der Waals surface area (Å²) >= 11 is 24.7. The number of nitrogen functional groups attached to an aromatic ring is 1. The summed E-state index contributed by atoms with van der Waals surface area (Å²) in [5.41, 5.74) is 11.9. The second-order valence-electron chi connectivity index (χ2n) is 21.3. The molecule has 0 saturated heterocycles. The Morgan fingerprint density at radius 1 is 0.692 bits per heavy atom. The molecule has 5 aliphatic rings. The van der Waals surface area contributed by atoms with Crippen molar-refractivity contribution in [3.63, 3.8) is 0 Å². The maximum absolute atomic E-state index is 12.9. The number of ether oxygens (including phenoxy) is 3. The first-order valence-corrected chi connectivity index (χ1v) is 36.7. The van der Waals surface area contributed by atoms with Crippen LogP contribution in [-0.2, 0) is 97.8 Å². The van der Waals surface area contributed by atoms with Gasteiger partial charge in [-0.3, -0.25) is 33.1 Å². The van der Waals surface area contributed by atoms with Crippen molar-refractivity contribution in [2.45, 2.75) is 167 Å². The highest BCUT2D eigenvalue weighted by Gasteiger charge is 2.28. The van der Waals surface area contributed by atoms with Crippen molar-refractivity contribution in [1.29, 1.82) is 0 Å². The van der Waals surface area contributed by atoms with Crippen molar-refractivity contribution in [2.24, 2.45) is 0 Å². The molecule has 0 spiro atoms. The molecule has 11 rings (SSSR count). The minimum atomic E-state index is -0.477. The summed E-state index contributed by atoms with van der Waals surface area (Å²) in [4.78, 5) is 108. The Bertz CT molecular complexity index is 3820. The molecule has 0 radical (unpaired) electrons. The molecular formula is C64H80ClN7O11S8. The fourth-order valence-corrected chi connectivity index (χ4v) is 17.0. The Balaban J connectivity index is 0.000000202. The zero-order valence-electron chi connectivity index (χ0n) is 52.5. The van der Waals surface area contributed by atoms with Crippen molar-refractivity contribution in [3.05, 3.63) is 115 Å². The summed E-state index contributed by atoms with van der Waals surface area (Å²) in [6.07, 6.45) is 28.1. The lowest BCUT2D eigenvalue weighted by atomic mass is 9.95. The standard InChI is InChI=1S/C16H18N2O2S2.C13H14N2OS2.C12H15NO2S3.C10H13NO2S.C6H10O.C4H5NO2.C3H5ClO/c1-3-8-18-15(20)13-11-6-4-5-7-12(11)22-14(13)17-16(18)21-9-10(2)19;1-2-7-15-12(16)10-8-5-3-4-6-9(8)18-11(10)14-13(15)17;1-15-11(14)9-7-5-3-4-6-8(7)18-10(9)13-12(16)17-2;1-13-10(12)8-6-4-2-3-5-7(6)14-9(8)11;7-6-4-2-1-3-5-6;1-5-3-4(6)7-2;1-3(5)2-4/h3H,1,4-9H2,2H3;2H,1,3-7H2,(H,14,17);3-6H2,1-2H3,(H,13,16);2-5,11H2,1H3;1-5H2;3H2,2H3;2H2,1H3. The van der Waals surface area contributed by atoms with Gasteiger partial charge in [0.1, 0.15) is 41.3 Å². The van der Waals surface area contributed by atoms with Crippen molar-refractivity contribution in [2.75, 3.05) is 56.8 Å². The monoisotopic (exact) mass is 1410 g/mol. The number of ketones is 3. The van der Waals surface area contributed by atoms with Gasteiger partial charge in [0.05, 0.1) is 54.9 Å². The number of thioether (sulfide) groups is 2. The number of aromatic amines is 1. The number of carbonyl (C=O) groups is 6. The molecule has 5 aliphatic carbocycles. The third-order valence-corrected chi connectivity index (χ3v) is 22.4. The fraction of sp³-hybridized carbons (Fsp3) is 0.500. The number of hydrogen-bond acceptors (Lipinski definition) is 21. The van der Waals surface area contributed by atoms with Gasteiger partial charge in [0.2, 0.25) is 0 Å². The molecule has 0 aliphatic heterocycles. The van der Waals surface area contributed by atoms with E-state index >= 15 is 0 Å². The Hall–Kier alpha value is -5.63. The highest BCUT2D eigenvalue weighted by molar-refractivity contribution is 8.22. The third-order valence-electron chi connectivity index (χ3n) is 14.7. The first-order chi connectivity index (χ1) is 43.7. The number of nitrogens with two attached hydrogens (primary N) is 1. The number of nitrogens with zero attached hydrogens (tertiary/aromatic N) is 4. The highest BCUT2D eigenvalue weighted by atomic mass is 35.5. The summed E-state index contributed by atoms with van der Waals surface area (Å²) in [7, 11) is 4.08. The van der Waals surface area contributed by atoms with E-state index in [4.69, 9.17) is 57.8 Å². The van der Waals surface area contributed by atoms with Crippen molar-refractivity contribution in [1.82, 2.24) is 19.1 Å². The van der Waals surface area contributed by atoms with Crippen LogP contribution in [0.1, 0.15) is 160 Å². The van der Waals surface area contributed by atoms with Crippen LogP contribution in [0.4, 0.5) is 10.0 Å². The van der Waals surface area contributed by atoms with Gasteiger partial charge in [-0.1, -0.05) is 42.6 Å². The quantitative estimate of drug-likeness (QED) is 0.0151. The zero-order valence-corrected chi connectivity index (χ0v) is 59.7. The number of rotatable bonds is 12. The average molecular weight is 1420 g/mol. The predicted molar refractivity (Wildman–Crippen MR) is 382 cm³/mol. The molecule has 0 amide bonds. The van der Waals surface area contributed by atoms with Crippen LogP contribution in [0.3, 0.4) is 0 Å². The van der Waals surface area contributed by atoms with E-state index in [9.17, 15) is 38.4 Å². The Labute approximate surface area is 571 Å². The number of aryl methyl sites for hydroxylation is 6. The number of carbonyl (C=O) groups excluding carboxylic acids is 6. The Morgan fingerprint density at radius 3 is 1.65 bits per heavy atom. The van der Waals surface area contributed by atoms with Crippen molar-refractivity contribution >= 4 is 175 Å². The van der Waals surface area contributed by atoms with Gasteiger partial charge in [-0.2, -0.15) is 0 Å². The van der Waals surface area contributed by atoms with Gasteiger partial charge in [-0.05, 0) is 170 Å². The molecular weight excluding hydrogens is 1330 g/mol. The number of fused-ring (bicyclic) bond motifs is 8. The highest BCUT2D eigenvalue weighted by Crippen LogP contribution is 2.40. The first kappa shape index (κ1) is 76.1. The predicted octanol–water partition coefficient (Wildman–Crippen LogP) is 14.3. The maximum Gasteiger partial charge on any atom is 0.386 e. The summed E-state index contributed by atoms with van der Waals surface area (Å²) < 4.78 is 18.2. The number of thiophene rings is 4. The van der Waals surface area contributed by atoms with E-state index in [1.165, 1.54) is 132 Å². The molecule has 18 nitrogen and oxygen atoms in total. The molecule has 27 heteroatoms. The smallest absolute Gasteiger partial charge is 0.386 e. The van der Waals surface area contributed by atoms with E-state index in [1.807, 2.05) is 6.26 Å². The molecule has 0 bridgehead atoms. The van der Waals surface area contributed by atoms with E-state index in [0.29, 0.717) is 55.0 Å². The van der Waals surface area contributed by atoms with E-state index in [1.54, 1.807) is 62.2 Å². The lowest BCUT2D eigenvalue weighted by molar-refractivity contribution is -0.138. The topological polar surface area (TPSA) is 245 Å². The number of aromatic nitrogens is 4. The van der Waals surface area contributed by atoms with Crippen LogP contribution in [0.15, 0.2) is 40.1 Å². The summed E-state index contributed by atoms with van der Waals surface area (Å²) in [5.74, 6) is 0.00536. The van der Waals surface area contributed by atoms with Crippen LogP contribution in [0, 0.1) is 11.3 Å². The first-order valence-electron chi connectivity index (χ1n) is 29.9. The lowest BCUT2D eigenvalue weighted by Gasteiger charge is -2.12. The van der Waals surface area contributed by atoms with Gasteiger partial charge in [0.15, 0.2) is 9.93 Å². The zero-order chi connectivity index (χ0) is 66.7. The number of H-pyrrole nitrogens is 1.